The highest BCUT2D eigenvalue weighted by atomic mass is 32.1. The van der Waals surface area contributed by atoms with Crippen LogP contribution >= 0.6 is 11.5 Å². The number of hydrogen-bond donors (Lipinski definition) is 1. The zero-order valence-corrected chi connectivity index (χ0v) is 16.0. The number of nitrogens with one attached hydrogen (secondary N) is 1. The van der Waals surface area contributed by atoms with Gasteiger partial charge < -0.3 is 0 Å². The van der Waals surface area contributed by atoms with Crippen molar-refractivity contribution in [2.75, 3.05) is 5.32 Å². The van der Waals surface area contributed by atoms with E-state index in [4.69, 9.17) is 0 Å². The Bertz CT molecular complexity index is 1160. The van der Waals surface area contributed by atoms with E-state index in [0.29, 0.717) is 11.5 Å². The number of anilines is 1. The summed E-state index contributed by atoms with van der Waals surface area (Å²) >= 11 is 0.962. The van der Waals surface area contributed by atoms with Gasteiger partial charge in [-0.25, -0.2) is 0 Å². The Morgan fingerprint density at radius 3 is 2.27 bits per heavy atom. The predicted octanol–water partition coefficient (Wildman–Crippen LogP) is 5.54. The third-order valence-electron chi connectivity index (χ3n) is 4.22. The molecule has 30 heavy (non-hydrogen) atoms. The van der Waals surface area contributed by atoms with E-state index >= 15 is 0 Å². The van der Waals surface area contributed by atoms with Crippen LogP contribution in [0.5, 0.6) is 0 Å². The lowest BCUT2D eigenvalue weighted by Crippen LogP contribution is -2.12. The Balaban J connectivity index is 1.46. The molecule has 0 bridgehead atoms. The number of aromatic nitrogens is 3. The molecule has 0 fully saturated rings. The van der Waals surface area contributed by atoms with E-state index in [1.54, 1.807) is 12.3 Å². The summed E-state index contributed by atoms with van der Waals surface area (Å²) in [5.41, 5.74) is 1.80. The van der Waals surface area contributed by atoms with Gasteiger partial charge in [0.25, 0.3) is 5.91 Å². The van der Waals surface area contributed by atoms with Gasteiger partial charge in [-0.2, -0.15) is 22.5 Å². The van der Waals surface area contributed by atoms with Crippen molar-refractivity contribution >= 4 is 22.6 Å². The van der Waals surface area contributed by atoms with E-state index in [-0.39, 0.29) is 10.7 Å². The molecule has 1 amide bonds. The largest absolute Gasteiger partial charge is 0.416 e. The fraction of sp³-hybridized carbons (Fsp3) is 0.0476. The van der Waals surface area contributed by atoms with Crippen LogP contribution in [-0.4, -0.2) is 20.2 Å². The van der Waals surface area contributed by atoms with E-state index in [9.17, 15) is 18.0 Å². The molecule has 0 saturated carbocycles. The van der Waals surface area contributed by atoms with Crippen molar-refractivity contribution < 1.29 is 18.0 Å². The first-order valence-electron chi connectivity index (χ1n) is 8.74. The predicted molar refractivity (Wildman–Crippen MR) is 108 cm³/mol. The molecule has 5 nitrogen and oxygen atoms in total. The molecular weight excluding hydrogens is 413 g/mol. The topological polar surface area (TPSA) is 67.8 Å². The van der Waals surface area contributed by atoms with Crippen molar-refractivity contribution in [3.05, 3.63) is 84.1 Å². The summed E-state index contributed by atoms with van der Waals surface area (Å²) in [5, 5.41) is 2.77. The van der Waals surface area contributed by atoms with E-state index in [1.807, 2.05) is 36.4 Å². The number of halogens is 3. The van der Waals surface area contributed by atoms with Crippen molar-refractivity contribution in [2.45, 2.75) is 6.18 Å². The molecule has 2 aromatic carbocycles. The summed E-state index contributed by atoms with van der Waals surface area (Å²) < 4.78 is 42.1. The van der Waals surface area contributed by atoms with Crippen LogP contribution in [0.1, 0.15) is 15.9 Å². The molecule has 2 heterocycles. The van der Waals surface area contributed by atoms with E-state index < -0.39 is 17.6 Å². The summed E-state index contributed by atoms with van der Waals surface area (Å²) in [6, 6.07) is 17.4. The summed E-state index contributed by atoms with van der Waals surface area (Å²) in [5.74, 6) is -0.221. The highest BCUT2D eigenvalue weighted by molar-refractivity contribution is 7.10. The average Bonchev–Trinajstić information content (AvgIpc) is 3.22. The number of alkyl halides is 3. The molecule has 0 atom stereocenters. The quantitative estimate of drug-likeness (QED) is 0.465. The van der Waals surface area contributed by atoms with Gasteiger partial charge in [0.1, 0.15) is 5.69 Å². The molecule has 4 rings (SSSR count). The molecule has 0 spiro atoms. The molecule has 150 valence electrons. The molecule has 0 radical (unpaired) electrons. The van der Waals surface area contributed by atoms with Gasteiger partial charge in [0.15, 0.2) is 5.82 Å². The van der Waals surface area contributed by atoms with Crippen molar-refractivity contribution in [1.29, 1.82) is 0 Å². The minimum absolute atomic E-state index is 0.0880. The second-order valence-electron chi connectivity index (χ2n) is 6.25. The minimum Gasteiger partial charge on any atom is -0.297 e. The van der Waals surface area contributed by atoms with Gasteiger partial charge in [0.2, 0.25) is 5.13 Å². The maximum Gasteiger partial charge on any atom is 0.416 e. The molecule has 0 unspecified atom stereocenters. The monoisotopic (exact) mass is 426 g/mol. The van der Waals surface area contributed by atoms with Gasteiger partial charge in [0, 0.05) is 28.9 Å². The number of nitrogens with zero attached hydrogens (tertiary/aromatic N) is 3. The Labute approximate surface area is 173 Å². The van der Waals surface area contributed by atoms with E-state index in [0.717, 1.165) is 46.9 Å². The van der Waals surface area contributed by atoms with Gasteiger partial charge in [0.05, 0.1) is 5.56 Å². The third-order valence-corrected chi connectivity index (χ3v) is 4.85. The normalized spacial score (nSPS) is 11.3. The molecular formula is C21H13F3N4OS. The smallest absolute Gasteiger partial charge is 0.297 e. The maximum atomic E-state index is 12.6. The number of pyridine rings is 1. The zero-order valence-electron chi connectivity index (χ0n) is 15.2. The SMILES string of the molecule is O=C(Nc1nc(-c2ccc(-c3ccccc3)cn2)ns1)c1ccc(C(F)(F)F)cc1. The van der Waals surface area contributed by atoms with Crippen LogP contribution in [0.2, 0.25) is 0 Å². The van der Waals surface area contributed by atoms with Crippen molar-refractivity contribution in [1.82, 2.24) is 14.3 Å². The molecule has 0 aliphatic carbocycles. The van der Waals surface area contributed by atoms with Crippen LogP contribution in [0.4, 0.5) is 18.3 Å². The fourth-order valence-electron chi connectivity index (χ4n) is 2.69. The summed E-state index contributed by atoms with van der Waals surface area (Å²) in [7, 11) is 0. The van der Waals surface area contributed by atoms with Crippen molar-refractivity contribution in [3.8, 4) is 22.6 Å². The van der Waals surface area contributed by atoms with E-state index in [1.165, 1.54) is 0 Å². The lowest BCUT2D eigenvalue weighted by atomic mass is 10.1. The third kappa shape index (κ3) is 4.36. The number of carbonyl (C=O) groups excluding carboxylic acids is 1. The van der Waals surface area contributed by atoms with Gasteiger partial charge in [-0.1, -0.05) is 36.4 Å². The van der Waals surface area contributed by atoms with Gasteiger partial charge in [-0.3, -0.25) is 15.1 Å². The number of carbonyl (C=O) groups is 1. The van der Waals surface area contributed by atoms with E-state index in [2.05, 4.69) is 19.7 Å². The molecule has 1 N–H and O–H groups in total. The molecule has 0 saturated heterocycles. The Kier molecular flexibility index (Phi) is 5.28. The second kappa shape index (κ2) is 8.03. The lowest BCUT2D eigenvalue weighted by molar-refractivity contribution is -0.137. The summed E-state index contributed by atoms with van der Waals surface area (Å²) in [6.07, 6.45) is -2.74. The van der Waals surface area contributed by atoms with Crippen LogP contribution in [0.3, 0.4) is 0 Å². The summed E-state index contributed by atoms with van der Waals surface area (Å²) in [4.78, 5) is 20.9. The molecule has 4 aromatic rings. The number of rotatable bonds is 4. The molecule has 9 heteroatoms. The fourth-order valence-corrected chi connectivity index (χ4v) is 3.26. The van der Waals surface area contributed by atoms with Crippen molar-refractivity contribution in [2.24, 2.45) is 0 Å². The first-order chi connectivity index (χ1) is 14.4. The highest BCUT2D eigenvalue weighted by Gasteiger charge is 2.30. The van der Waals surface area contributed by atoms with Crippen molar-refractivity contribution in [3.63, 3.8) is 0 Å². The molecule has 0 aliphatic rings. The standard InChI is InChI=1S/C21H13F3N4OS/c22-21(23,24)16-9-6-14(7-10-16)19(29)27-20-26-18(28-30-20)17-11-8-15(12-25-17)13-4-2-1-3-5-13/h1-12H,(H,26,27,28,29). The van der Waals surface area contributed by atoms with Gasteiger partial charge >= 0.3 is 6.18 Å². The second-order valence-corrected chi connectivity index (χ2v) is 7.00. The average molecular weight is 426 g/mol. The zero-order chi connectivity index (χ0) is 21.1. The Morgan fingerprint density at radius 2 is 1.63 bits per heavy atom. The minimum atomic E-state index is -4.45. The number of amides is 1. The highest BCUT2D eigenvalue weighted by Crippen LogP contribution is 2.29. The van der Waals surface area contributed by atoms with Crippen LogP contribution in [0, 0.1) is 0 Å². The molecule has 0 aliphatic heterocycles. The number of hydrogen-bond acceptors (Lipinski definition) is 5. The maximum absolute atomic E-state index is 12.6. The van der Waals surface area contributed by atoms with Crippen LogP contribution in [0.15, 0.2) is 72.9 Å². The van der Waals surface area contributed by atoms with Crippen LogP contribution < -0.4 is 5.32 Å². The number of benzene rings is 2. The Hall–Kier alpha value is -3.59. The Morgan fingerprint density at radius 1 is 0.900 bits per heavy atom. The van der Waals surface area contributed by atoms with Gasteiger partial charge in [-0.05, 0) is 35.9 Å². The van der Waals surface area contributed by atoms with Gasteiger partial charge in [-0.15, -0.1) is 0 Å². The first-order valence-corrected chi connectivity index (χ1v) is 9.52. The van der Waals surface area contributed by atoms with Crippen LogP contribution in [-0.2, 0) is 6.18 Å². The first kappa shape index (κ1) is 19.7. The van der Waals surface area contributed by atoms with Crippen LogP contribution in [0.25, 0.3) is 22.6 Å². The lowest BCUT2D eigenvalue weighted by Gasteiger charge is -2.07. The molecule has 2 aromatic heterocycles. The summed E-state index contributed by atoms with van der Waals surface area (Å²) in [6.45, 7) is 0.